The van der Waals surface area contributed by atoms with Crippen LogP contribution in [0.5, 0.6) is 0 Å². The van der Waals surface area contributed by atoms with Gasteiger partial charge in [-0.3, -0.25) is 9.89 Å². The number of rotatable bonds is 6. The molecule has 0 aliphatic carbocycles. The zero-order valence-electron chi connectivity index (χ0n) is 14.8. The Kier molecular flexibility index (Phi) is 5.18. The Bertz CT molecular complexity index is 934. The van der Waals surface area contributed by atoms with Crippen LogP contribution in [-0.2, 0) is 22.5 Å². The van der Waals surface area contributed by atoms with E-state index in [0.717, 1.165) is 16.8 Å². The van der Waals surface area contributed by atoms with E-state index in [-0.39, 0.29) is 17.5 Å². The minimum atomic E-state index is -0.511. The first kappa shape index (κ1) is 17.7. The van der Waals surface area contributed by atoms with Crippen LogP contribution in [-0.4, -0.2) is 22.9 Å². The molecule has 0 amide bonds. The van der Waals surface area contributed by atoms with Crippen LogP contribution in [0.25, 0.3) is 0 Å². The van der Waals surface area contributed by atoms with Gasteiger partial charge in [-0.25, -0.2) is 4.39 Å². The predicted octanol–water partition coefficient (Wildman–Crippen LogP) is 3.48. The van der Waals surface area contributed by atoms with Gasteiger partial charge in [0.15, 0.2) is 0 Å². The van der Waals surface area contributed by atoms with Gasteiger partial charge in [-0.2, -0.15) is 0 Å². The van der Waals surface area contributed by atoms with E-state index in [9.17, 15) is 9.18 Å². The molecule has 0 spiro atoms. The number of hydrogen-bond donors (Lipinski definition) is 2. The van der Waals surface area contributed by atoms with Crippen molar-refractivity contribution in [2.45, 2.75) is 31.7 Å². The summed E-state index contributed by atoms with van der Waals surface area (Å²) >= 11 is 0. The Balaban J connectivity index is 1.43. The summed E-state index contributed by atoms with van der Waals surface area (Å²) in [6.45, 7) is 1.11. The van der Waals surface area contributed by atoms with Crippen LogP contribution in [0.4, 0.5) is 4.39 Å². The molecule has 1 aromatic heterocycles. The number of benzene rings is 2. The number of aromatic nitrogens is 2. The molecule has 0 bridgehead atoms. The number of nitrogens with one attached hydrogen (secondary N) is 2. The molecule has 2 aromatic carbocycles. The van der Waals surface area contributed by atoms with Crippen LogP contribution >= 0.6 is 0 Å². The lowest BCUT2D eigenvalue weighted by atomic mass is 9.95. The van der Waals surface area contributed by atoms with E-state index in [1.54, 1.807) is 12.1 Å². The van der Waals surface area contributed by atoms with Crippen molar-refractivity contribution in [1.82, 2.24) is 10.2 Å². The van der Waals surface area contributed by atoms with Gasteiger partial charge in [0.1, 0.15) is 11.9 Å². The average Bonchev–Trinajstić information content (AvgIpc) is 3.07. The summed E-state index contributed by atoms with van der Waals surface area (Å²) in [5.41, 5.74) is 3.11. The normalized spacial score (nSPS) is 19.0. The van der Waals surface area contributed by atoms with Crippen molar-refractivity contribution >= 4 is 0 Å². The molecule has 1 aliphatic rings. The van der Waals surface area contributed by atoms with Crippen LogP contribution in [0.3, 0.4) is 0 Å². The maximum absolute atomic E-state index is 13.3. The minimum absolute atomic E-state index is 0.0882. The fourth-order valence-corrected chi connectivity index (χ4v) is 3.41. The number of fused-ring (bicyclic) bond motifs is 1. The second-order valence-corrected chi connectivity index (χ2v) is 6.69. The molecule has 0 fully saturated rings. The molecule has 0 unspecified atom stereocenters. The summed E-state index contributed by atoms with van der Waals surface area (Å²) in [4.78, 5) is 12.2. The third kappa shape index (κ3) is 4.02. The lowest BCUT2D eigenvalue weighted by Crippen LogP contribution is -2.30. The Labute approximate surface area is 156 Å². The van der Waals surface area contributed by atoms with E-state index in [1.165, 1.54) is 12.1 Å². The third-order valence-electron chi connectivity index (χ3n) is 4.79. The second-order valence-electron chi connectivity index (χ2n) is 6.69. The van der Waals surface area contributed by atoms with Gasteiger partial charge >= 0.3 is 0 Å². The molecule has 2 heterocycles. The summed E-state index contributed by atoms with van der Waals surface area (Å²) in [6, 6.07) is 16.1. The third-order valence-corrected chi connectivity index (χ3v) is 4.79. The fraction of sp³-hybridized carbons (Fsp3) is 0.286. The van der Waals surface area contributed by atoms with Crippen molar-refractivity contribution in [3.63, 3.8) is 0 Å². The molecular weight excluding hydrogens is 347 g/mol. The average molecular weight is 368 g/mol. The molecule has 2 atom stereocenters. The highest BCUT2D eigenvalue weighted by molar-refractivity contribution is 5.33. The van der Waals surface area contributed by atoms with Gasteiger partial charge in [-0.05, 0) is 29.7 Å². The summed E-state index contributed by atoms with van der Waals surface area (Å²) in [7, 11) is 0. The molecule has 3 aromatic rings. The number of ether oxygens (including phenoxy) is 2. The quantitative estimate of drug-likeness (QED) is 0.655. The summed E-state index contributed by atoms with van der Waals surface area (Å²) in [5.74, 6) is -0.316. The molecule has 0 radical (unpaired) electrons. The molecule has 0 saturated heterocycles. The first-order chi connectivity index (χ1) is 13.2. The summed E-state index contributed by atoms with van der Waals surface area (Å²) in [5, 5.41) is 5.58. The van der Waals surface area contributed by atoms with Gasteiger partial charge in [-0.15, -0.1) is 0 Å². The van der Waals surface area contributed by atoms with Gasteiger partial charge in [0.25, 0.3) is 5.56 Å². The van der Waals surface area contributed by atoms with E-state index in [1.807, 2.05) is 30.3 Å². The van der Waals surface area contributed by atoms with E-state index >= 15 is 0 Å². The topological polar surface area (TPSA) is 67.1 Å². The molecule has 1 aliphatic heterocycles. The zero-order chi connectivity index (χ0) is 18.6. The molecule has 27 heavy (non-hydrogen) atoms. The van der Waals surface area contributed by atoms with Crippen molar-refractivity contribution in [1.29, 1.82) is 0 Å². The molecule has 2 N–H and O–H groups in total. The van der Waals surface area contributed by atoms with Crippen LogP contribution in [0.15, 0.2) is 59.4 Å². The van der Waals surface area contributed by atoms with Crippen molar-refractivity contribution < 1.29 is 13.9 Å². The lowest BCUT2D eigenvalue weighted by molar-refractivity contribution is -0.0259. The van der Waals surface area contributed by atoms with E-state index in [2.05, 4.69) is 10.2 Å². The lowest BCUT2D eigenvalue weighted by Gasteiger charge is -2.29. The maximum atomic E-state index is 13.3. The number of aromatic amines is 2. The van der Waals surface area contributed by atoms with Crippen LogP contribution in [0, 0.1) is 5.82 Å². The van der Waals surface area contributed by atoms with E-state index < -0.39 is 6.10 Å². The Hall–Kier alpha value is -2.70. The molecule has 0 saturated carbocycles. The van der Waals surface area contributed by atoms with Gasteiger partial charge in [0.05, 0.1) is 18.3 Å². The fourth-order valence-electron chi connectivity index (χ4n) is 3.41. The smallest absolute Gasteiger partial charge is 0.270 e. The van der Waals surface area contributed by atoms with E-state index in [4.69, 9.17) is 9.47 Å². The molecule has 140 valence electrons. The van der Waals surface area contributed by atoms with Gasteiger partial charge in [0, 0.05) is 18.7 Å². The van der Waals surface area contributed by atoms with Crippen LogP contribution in [0.1, 0.15) is 34.9 Å². The minimum Gasteiger partial charge on any atom is -0.377 e. The number of halogens is 1. The van der Waals surface area contributed by atoms with Gasteiger partial charge in [-0.1, -0.05) is 42.5 Å². The first-order valence-electron chi connectivity index (χ1n) is 9.02. The SMILES string of the molecule is O=c1[nH][nH]c2c1[C@@H](c1ccc(F)cc1)O[C@H](CCOCc1ccccc1)C2. The second kappa shape index (κ2) is 7.90. The monoisotopic (exact) mass is 368 g/mol. The van der Waals surface area contributed by atoms with Crippen molar-refractivity contribution in [2.75, 3.05) is 6.61 Å². The standard InChI is InChI=1S/C21H21FN2O3/c22-16-8-6-15(7-9-16)20-19-18(23-24-21(19)25)12-17(27-20)10-11-26-13-14-4-2-1-3-5-14/h1-9,17,20H,10-13H2,(H2,23,24,25)/t17-,20-/m1/s1. The van der Waals surface area contributed by atoms with Gasteiger partial charge in [0.2, 0.25) is 0 Å². The van der Waals surface area contributed by atoms with E-state index in [0.29, 0.717) is 31.6 Å². The molecule has 5 nitrogen and oxygen atoms in total. The van der Waals surface area contributed by atoms with Crippen molar-refractivity contribution in [2.24, 2.45) is 0 Å². The summed E-state index contributed by atoms with van der Waals surface area (Å²) < 4.78 is 25.2. The number of hydrogen-bond acceptors (Lipinski definition) is 3. The highest BCUT2D eigenvalue weighted by Gasteiger charge is 2.32. The molecular formula is C21H21FN2O3. The zero-order valence-corrected chi connectivity index (χ0v) is 14.8. The first-order valence-corrected chi connectivity index (χ1v) is 9.02. The van der Waals surface area contributed by atoms with Crippen molar-refractivity contribution in [3.8, 4) is 0 Å². The van der Waals surface area contributed by atoms with Crippen LogP contribution in [0.2, 0.25) is 0 Å². The largest absolute Gasteiger partial charge is 0.377 e. The number of H-pyrrole nitrogens is 2. The predicted molar refractivity (Wildman–Crippen MR) is 98.9 cm³/mol. The highest BCUT2D eigenvalue weighted by Crippen LogP contribution is 2.33. The molecule has 4 rings (SSSR count). The Morgan fingerprint density at radius 1 is 1.07 bits per heavy atom. The maximum Gasteiger partial charge on any atom is 0.270 e. The Morgan fingerprint density at radius 3 is 2.63 bits per heavy atom. The van der Waals surface area contributed by atoms with Crippen molar-refractivity contribution in [3.05, 3.63) is 93.2 Å². The Morgan fingerprint density at radius 2 is 1.85 bits per heavy atom. The highest BCUT2D eigenvalue weighted by atomic mass is 19.1. The van der Waals surface area contributed by atoms with Crippen LogP contribution < -0.4 is 5.56 Å². The summed E-state index contributed by atoms with van der Waals surface area (Å²) in [6.07, 6.45) is 0.718. The molecule has 6 heteroatoms. The van der Waals surface area contributed by atoms with Gasteiger partial charge < -0.3 is 14.6 Å².